The third-order valence-corrected chi connectivity index (χ3v) is 12.3. The Morgan fingerprint density at radius 2 is 1.83 bits per heavy atom. The summed E-state index contributed by atoms with van der Waals surface area (Å²) in [5.74, 6) is 3.06. The van der Waals surface area contributed by atoms with Gasteiger partial charge in [-0.2, -0.15) is 0 Å². The number of allylic oxidation sites excluding steroid dienone is 4. The van der Waals surface area contributed by atoms with Crippen LogP contribution in [0.2, 0.25) is 18.1 Å². The fourth-order valence-corrected chi connectivity index (χ4v) is 5.94. The van der Waals surface area contributed by atoms with Gasteiger partial charge in [0.2, 0.25) is 0 Å². The van der Waals surface area contributed by atoms with Crippen LogP contribution in [0.25, 0.3) is 0 Å². The van der Waals surface area contributed by atoms with Crippen LogP contribution in [0.5, 0.6) is 5.75 Å². The van der Waals surface area contributed by atoms with Gasteiger partial charge in [0.15, 0.2) is 8.32 Å². The Kier molecular flexibility index (Phi) is 11.8. The van der Waals surface area contributed by atoms with Crippen molar-refractivity contribution in [2.75, 3.05) is 6.61 Å². The molecule has 0 N–H and O–H groups in total. The molecule has 1 aliphatic rings. The van der Waals surface area contributed by atoms with Gasteiger partial charge in [0.05, 0.1) is 11.9 Å². The first-order valence-electron chi connectivity index (χ1n) is 13.6. The standard InChI is InChI=1S/C32H50O3Si/c1-10-12-14-18-26(4)34-31-23-25(3)29(30(31)17-11-2)22-21-28(35-36(8,9)32(5,6)7)24-33-27-19-15-13-16-20-27/h10-11,13,15-16,19-22,25,28-31H,1-2,4,12,14,17-18,23-24H2,3,5-9H3/b22-21+/t25-,28?,29+,30-,31+/m1/s1. The van der Waals surface area contributed by atoms with E-state index in [1.54, 1.807) is 0 Å². The van der Waals surface area contributed by atoms with Crippen LogP contribution in [0.1, 0.15) is 59.8 Å². The van der Waals surface area contributed by atoms with Gasteiger partial charge < -0.3 is 13.9 Å². The van der Waals surface area contributed by atoms with Crippen LogP contribution < -0.4 is 4.74 Å². The molecule has 0 radical (unpaired) electrons. The van der Waals surface area contributed by atoms with Gasteiger partial charge in [-0.1, -0.05) is 76.8 Å². The molecule has 0 aliphatic heterocycles. The van der Waals surface area contributed by atoms with Crippen LogP contribution in [-0.2, 0) is 9.16 Å². The summed E-state index contributed by atoms with van der Waals surface area (Å²) >= 11 is 0. The fraction of sp³-hybridized carbons (Fsp3) is 0.562. The minimum absolute atomic E-state index is 0.100. The summed E-state index contributed by atoms with van der Waals surface area (Å²) in [7, 11) is -1.97. The lowest BCUT2D eigenvalue weighted by atomic mass is 9.87. The van der Waals surface area contributed by atoms with Crippen molar-refractivity contribution in [1.29, 1.82) is 0 Å². The average Bonchev–Trinajstić information content (AvgIpc) is 3.09. The Morgan fingerprint density at radius 1 is 1.14 bits per heavy atom. The van der Waals surface area contributed by atoms with E-state index >= 15 is 0 Å². The Bertz CT molecular complexity index is 852. The van der Waals surface area contributed by atoms with E-state index in [-0.39, 0.29) is 17.2 Å². The zero-order valence-electron chi connectivity index (χ0n) is 23.7. The quantitative estimate of drug-likeness (QED) is 0.102. The molecule has 0 heterocycles. The Balaban J connectivity index is 2.17. The van der Waals surface area contributed by atoms with E-state index in [9.17, 15) is 0 Å². The third kappa shape index (κ3) is 9.12. The molecule has 1 aromatic carbocycles. The first-order chi connectivity index (χ1) is 17.0. The molecular formula is C32H50O3Si. The van der Waals surface area contributed by atoms with Crippen molar-refractivity contribution < 1.29 is 13.9 Å². The van der Waals surface area contributed by atoms with Crippen LogP contribution >= 0.6 is 0 Å². The van der Waals surface area contributed by atoms with Crippen molar-refractivity contribution in [2.24, 2.45) is 17.8 Å². The molecule has 1 unspecified atom stereocenters. The predicted octanol–water partition coefficient (Wildman–Crippen LogP) is 9.12. The number of ether oxygens (including phenoxy) is 2. The summed E-state index contributed by atoms with van der Waals surface area (Å²) in [6, 6.07) is 10.00. The van der Waals surface area contributed by atoms with Gasteiger partial charge in [-0.25, -0.2) is 0 Å². The number of hydrogen-bond donors (Lipinski definition) is 0. The van der Waals surface area contributed by atoms with E-state index in [2.05, 4.69) is 72.7 Å². The van der Waals surface area contributed by atoms with Gasteiger partial charge >= 0.3 is 0 Å². The van der Waals surface area contributed by atoms with Gasteiger partial charge in [0.1, 0.15) is 18.5 Å². The second-order valence-corrected chi connectivity index (χ2v) is 16.5. The van der Waals surface area contributed by atoms with E-state index in [1.165, 1.54) is 0 Å². The van der Waals surface area contributed by atoms with Crippen molar-refractivity contribution >= 4 is 8.32 Å². The van der Waals surface area contributed by atoms with Gasteiger partial charge in [-0.15, -0.1) is 13.2 Å². The minimum atomic E-state index is -1.97. The molecule has 0 saturated heterocycles. The maximum absolute atomic E-state index is 6.81. The lowest BCUT2D eigenvalue weighted by Crippen LogP contribution is -2.45. The molecule has 1 aromatic rings. The average molecular weight is 511 g/mol. The highest BCUT2D eigenvalue weighted by Gasteiger charge is 2.41. The summed E-state index contributed by atoms with van der Waals surface area (Å²) in [5, 5.41) is 0.128. The van der Waals surface area contributed by atoms with Crippen LogP contribution in [-0.4, -0.2) is 27.1 Å². The van der Waals surface area contributed by atoms with Gasteiger partial charge in [-0.3, -0.25) is 0 Å². The molecule has 0 spiro atoms. The molecule has 5 atom stereocenters. The SMILES string of the molecule is C=CCCCC(=C)O[C@H]1C[C@@H](C)[C@H](/C=C/C(COc2ccccc2)O[Si](C)(C)C(C)(C)C)[C@H]1CC=C. The van der Waals surface area contributed by atoms with Crippen molar-refractivity contribution in [3.05, 3.63) is 80.1 Å². The summed E-state index contributed by atoms with van der Waals surface area (Å²) < 4.78 is 19.4. The second-order valence-electron chi connectivity index (χ2n) is 11.8. The summed E-state index contributed by atoms with van der Waals surface area (Å²) in [6.07, 6.45) is 13.5. The maximum Gasteiger partial charge on any atom is 0.193 e. The molecule has 1 fully saturated rings. The molecule has 1 saturated carbocycles. The lowest BCUT2D eigenvalue weighted by molar-refractivity contribution is 0.0726. The smallest absolute Gasteiger partial charge is 0.193 e. The Labute approximate surface area is 222 Å². The molecule has 36 heavy (non-hydrogen) atoms. The number of unbranched alkanes of at least 4 members (excludes halogenated alkanes) is 1. The molecule has 0 bridgehead atoms. The summed E-state index contributed by atoms with van der Waals surface area (Å²) in [5.41, 5.74) is 0. The van der Waals surface area contributed by atoms with Crippen LogP contribution in [0.15, 0.2) is 80.1 Å². The molecule has 0 aromatic heterocycles. The van der Waals surface area contributed by atoms with Crippen LogP contribution in [0.4, 0.5) is 0 Å². The third-order valence-electron chi connectivity index (χ3n) is 7.81. The molecule has 200 valence electrons. The van der Waals surface area contributed by atoms with Crippen LogP contribution in [0, 0.1) is 17.8 Å². The highest BCUT2D eigenvalue weighted by atomic mass is 28.4. The number of para-hydroxylation sites is 1. The monoisotopic (exact) mass is 510 g/mol. The molecular weight excluding hydrogens is 460 g/mol. The molecule has 3 nitrogen and oxygen atoms in total. The Hall–Kier alpha value is -2.04. The zero-order valence-corrected chi connectivity index (χ0v) is 24.7. The van der Waals surface area contributed by atoms with E-state index in [0.29, 0.717) is 24.4 Å². The predicted molar refractivity (Wildman–Crippen MR) is 157 cm³/mol. The largest absolute Gasteiger partial charge is 0.495 e. The zero-order chi connectivity index (χ0) is 26.8. The lowest BCUT2D eigenvalue weighted by Gasteiger charge is -2.38. The normalized spacial score (nSPS) is 23.4. The number of hydrogen-bond acceptors (Lipinski definition) is 3. The van der Waals surface area contributed by atoms with Gasteiger partial charge in [0, 0.05) is 12.3 Å². The van der Waals surface area contributed by atoms with E-state index in [1.807, 2.05) is 42.5 Å². The van der Waals surface area contributed by atoms with Crippen molar-refractivity contribution in [1.82, 2.24) is 0 Å². The van der Waals surface area contributed by atoms with Crippen molar-refractivity contribution in [2.45, 2.75) is 90.1 Å². The highest BCUT2D eigenvalue weighted by Crippen LogP contribution is 2.43. The molecule has 1 aliphatic carbocycles. The number of benzene rings is 1. The topological polar surface area (TPSA) is 27.7 Å². The molecule has 0 amide bonds. The maximum atomic E-state index is 6.81. The molecule has 4 heteroatoms. The summed E-state index contributed by atoms with van der Waals surface area (Å²) in [6.45, 7) is 26.3. The van der Waals surface area contributed by atoms with E-state index in [4.69, 9.17) is 13.9 Å². The van der Waals surface area contributed by atoms with Gasteiger partial charge in [0.25, 0.3) is 0 Å². The van der Waals surface area contributed by atoms with E-state index in [0.717, 1.165) is 43.6 Å². The summed E-state index contributed by atoms with van der Waals surface area (Å²) in [4.78, 5) is 0. The highest BCUT2D eigenvalue weighted by molar-refractivity contribution is 6.74. The molecule has 2 rings (SSSR count). The first-order valence-corrected chi connectivity index (χ1v) is 16.5. The van der Waals surface area contributed by atoms with Crippen molar-refractivity contribution in [3.8, 4) is 5.75 Å². The van der Waals surface area contributed by atoms with Crippen LogP contribution in [0.3, 0.4) is 0 Å². The Morgan fingerprint density at radius 3 is 2.44 bits per heavy atom. The van der Waals surface area contributed by atoms with Gasteiger partial charge in [-0.05, 0) is 67.8 Å². The van der Waals surface area contributed by atoms with E-state index < -0.39 is 8.32 Å². The second kappa shape index (κ2) is 14.0. The van der Waals surface area contributed by atoms with Crippen molar-refractivity contribution in [3.63, 3.8) is 0 Å². The minimum Gasteiger partial charge on any atom is -0.495 e. The number of rotatable bonds is 15. The first kappa shape index (κ1) is 30.2. The fourth-order valence-electron chi connectivity index (χ4n) is 4.69.